The molecule has 132 valence electrons. The molecule has 0 N–H and O–H groups in total. The fraction of sp³-hybridized carbons (Fsp3) is 0.812. The lowest BCUT2D eigenvalue weighted by Crippen LogP contribution is -2.39. The molecular weight excluding hydrogens is 334 g/mol. The van der Waals surface area contributed by atoms with Gasteiger partial charge in [-0.2, -0.15) is 11.8 Å². The van der Waals surface area contributed by atoms with E-state index in [1.807, 2.05) is 16.7 Å². The average Bonchev–Trinajstić information content (AvgIpc) is 3.19. The fourth-order valence-corrected chi connectivity index (χ4v) is 5.36. The van der Waals surface area contributed by atoms with Crippen LogP contribution in [-0.4, -0.2) is 72.8 Å². The van der Waals surface area contributed by atoms with Gasteiger partial charge in [0, 0.05) is 36.4 Å². The molecule has 0 aromatic heterocycles. The molecule has 0 spiro atoms. The van der Waals surface area contributed by atoms with E-state index in [0.717, 1.165) is 37.4 Å². The van der Waals surface area contributed by atoms with Crippen molar-refractivity contribution >= 4 is 29.7 Å². The summed E-state index contributed by atoms with van der Waals surface area (Å²) in [5.74, 6) is 1.30. The summed E-state index contributed by atoms with van der Waals surface area (Å²) < 4.78 is 15.8. The topological polar surface area (TPSA) is 82.1 Å². The number of esters is 3. The summed E-state index contributed by atoms with van der Waals surface area (Å²) in [5.41, 5.74) is 0. The molecule has 4 rings (SSSR count). The second kappa shape index (κ2) is 6.55. The van der Waals surface area contributed by atoms with Crippen LogP contribution in [0.15, 0.2) is 0 Å². The molecule has 5 unspecified atom stereocenters. The molecule has 2 saturated carbocycles. The second-order valence-corrected chi connectivity index (χ2v) is 8.13. The molecule has 4 aliphatic rings. The lowest BCUT2D eigenvalue weighted by atomic mass is 9.88. The van der Waals surface area contributed by atoms with Gasteiger partial charge in [0.25, 0.3) is 0 Å². The fourth-order valence-electron chi connectivity index (χ4n) is 4.38. The number of fused-ring (bicyclic) bond motifs is 1. The summed E-state index contributed by atoms with van der Waals surface area (Å²) in [4.78, 5) is 37.5. The highest BCUT2D eigenvalue weighted by molar-refractivity contribution is 7.99. The minimum absolute atomic E-state index is 0.00418. The van der Waals surface area contributed by atoms with Gasteiger partial charge in [0.15, 0.2) is 6.61 Å². The molecule has 4 fully saturated rings. The first-order chi connectivity index (χ1) is 11.6. The van der Waals surface area contributed by atoms with Crippen LogP contribution in [0.2, 0.25) is 0 Å². The summed E-state index contributed by atoms with van der Waals surface area (Å²) in [6.07, 6.45) is 0.950. The third kappa shape index (κ3) is 3.01. The SMILES string of the molecule is O=C(CN1CCSCC1)OCC(=O)OC1C2CC3C(=O)OC1C3C2. The lowest BCUT2D eigenvalue weighted by molar-refractivity contribution is -0.170. The number of thioether (sulfide) groups is 1. The van der Waals surface area contributed by atoms with E-state index in [1.54, 1.807) is 0 Å². The van der Waals surface area contributed by atoms with Crippen LogP contribution in [0.5, 0.6) is 0 Å². The Labute approximate surface area is 144 Å². The Morgan fingerprint density at radius 1 is 1.21 bits per heavy atom. The Bertz CT molecular complexity index is 549. The zero-order valence-corrected chi connectivity index (χ0v) is 14.2. The number of ether oxygens (including phenoxy) is 3. The van der Waals surface area contributed by atoms with E-state index < -0.39 is 11.9 Å². The lowest BCUT2D eigenvalue weighted by Gasteiger charge is -2.26. The minimum atomic E-state index is -0.561. The normalized spacial score (nSPS) is 37.3. The maximum atomic E-state index is 12.0. The van der Waals surface area contributed by atoms with E-state index >= 15 is 0 Å². The van der Waals surface area contributed by atoms with Crippen molar-refractivity contribution in [1.29, 1.82) is 0 Å². The quantitative estimate of drug-likeness (QED) is 0.506. The average molecular weight is 355 g/mol. The molecule has 5 atom stereocenters. The molecule has 0 amide bonds. The van der Waals surface area contributed by atoms with Crippen LogP contribution in [-0.2, 0) is 28.6 Å². The van der Waals surface area contributed by atoms with Crippen molar-refractivity contribution in [3.63, 3.8) is 0 Å². The molecule has 2 heterocycles. The van der Waals surface area contributed by atoms with Crippen molar-refractivity contribution in [3.05, 3.63) is 0 Å². The first-order valence-corrected chi connectivity index (χ1v) is 9.63. The van der Waals surface area contributed by atoms with Gasteiger partial charge in [0.05, 0.1) is 12.5 Å². The van der Waals surface area contributed by atoms with E-state index in [9.17, 15) is 14.4 Å². The standard InChI is InChI=1S/C16H21NO6S/c18-12(7-17-1-3-24-4-2-17)21-8-13(19)22-14-9-5-10-11(6-9)16(20)23-15(10)14/h9-11,14-15H,1-8H2. The number of hydrogen-bond acceptors (Lipinski definition) is 8. The van der Waals surface area contributed by atoms with Crippen molar-refractivity contribution in [2.75, 3.05) is 37.7 Å². The number of hydrogen-bond donors (Lipinski definition) is 0. The van der Waals surface area contributed by atoms with E-state index in [1.165, 1.54) is 0 Å². The second-order valence-electron chi connectivity index (χ2n) is 6.91. The molecule has 2 aliphatic carbocycles. The maximum Gasteiger partial charge on any atom is 0.344 e. The molecule has 7 nitrogen and oxygen atoms in total. The summed E-state index contributed by atoms with van der Waals surface area (Å²) in [7, 11) is 0. The molecule has 2 aliphatic heterocycles. The van der Waals surface area contributed by atoms with Gasteiger partial charge < -0.3 is 14.2 Å². The third-order valence-electron chi connectivity index (χ3n) is 5.49. The van der Waals surface area contributed by atoms with Gasteiger partial charge >= 0.3 is 17.9 Å². The van der Waals surface area contributed by atoms with Gasteiger partial charge in [-0.1, -0.05) is 0 Å². The van der Waals surface area contributed by atoms with Crippen molar-refractivity contribution in [2.24, 2.45) is 17.8 Å². The number of carbonyl (C=O) groups is 3. The first kappa shape index (κ1) is 16.2. The van der Waals surface area contributed by atoms with Gasteiger partial charge in [-0.3, -0.25) is 14.5 Å². The Morgan fingerprint density at radius 2 is 2.00 bits per heavy atom. The van der Waals surface area contributed by atoms with Crippen molar-refractivity contribution in [1.82, 2.24) is 4.90 Å². The van der Waals surface area contributed by atoms with Gasteiger partial charge in [-0.15, -0.1) is 0 Å². The summed E-state index contributed by atoms with van der Waals surface area (Å²) >= 11 is 1.87. The molecular formula is C16H21NO6S. The van der Waals surface area contributed by atoms with Crippen molar-refractivity contribution in [3.8, 4) is 0 Å². The minimum Gasteiger partial charge on any atom is -0.458 e. The molecule has 2 bridgehead atoms. The Hall–Kier alpha value is -1.28. The highest BCUT2D eigenvalue weighted by atomic mass is 32.2. The zero-order chi connectivity index (χ0) is 16.7. The summed E-state index contributed by atoms with van der Waals surface area (Å²) in [6.45, 7) is 1.57. The zero-order valence-electron chi connectivity index (χ0n) is 13.3. The highest BCUT2D eigenvalue weighted by Gasteiger charge is 2.63. The molecule has 0 radical (unpaired) electrons. The first-order valence-electron chi connectivity index (χ1n) is 8.47. The van der Waals surface area contributed by atoms with Crippen LogP contribution < -0.4 is 0 Å². The largest absolute Gasteiger partial charge is 0.458 e. The summed E-state index contributed by atoms with van der Waals surface area (Å²) in [6, 6.07) is 0. The summed E-state index contributed by atoms with van der Waals surface area (Å²) in [5, 5.41) is 0. The van der Waals surface area contributed by atoms with Gasteiger partial charge in [0.2, 0.25) is 0 Å². The van der Waals surface area contributed by atoms with Gasteiger partial charge in [-0.25, -0.2) is 4.79 Å². The molecule has 0 aromatic carbocycles. The molecule has 8 heteroatoms. The van der Waals surface area contributed by atoms with E-state index in [2.05, 4.69) is 0 Å². The van der Waals surface area contributed by atoms with Gasteiger partial charge in [0.1, 0.15) is 12.2 Å². The van der Waals surface area contributed by atoms with Crippen LogP contribution in [0.4, 0.5) is 0 Å². The third-order valence-corrected chi connectivity index (χ3v) is 6.43. The van der Waals surface area contributed by atoms with Crippen LogP contribution in [0.25, 0.3) is 0 Å². The molecule has 24 heavy (non-hydrogen) atoms. The number of carbonyl (C=O) groups excluding carboxylic acids is 3. The predicted octanol–water partition coefficient (Wildman–Crippen LogP) is 0.0716. The Balaban J connectivity index is 1.21. The van der Waals surface area contributed by atoms with E-state index in [4.69, 9.17) is 14.2 Å². The van der Waals surface area contributed by atoms with E-state index in [0.29, 0.717) is 0 Å². The Morgan fingerprint density at radius 3 is 2.79 bits per heavy atom. The molecule has 2 saturated heterocycles. The smallest absolute Gasteiger partial charge is 0.344 e. The highest BCUT2D eigenvalue weighted by Crippen LogP contribution is 2.55. The van der Waals surface area contributed by atoms with E-state index in [-0.39, 0.29) is 49.1 Å². The maximum absolute atomic E-state index is 12.0. The number of nitrogens with zero attached hydrogens (tertiary/aromatic N) is 1. The van der Waals surface area contributed by atoms with Crippen LogP contribution in [0, 0.1) is 17.8 Å². The van der Waals surface area contributed by atoms with Crippen molar-refractivity contribution in [2.45, 2.75) is 25.0 Å². The van der Waals surface area contributed by atoms with Crippen molar-refractivity contribution < 1.29 is 28.6 Å². The van der Waals surface area contributed by atoms with Crippen LogP contribution in [0.3, 0.4) is 0 Å². The number of rotatable bonds is 5. The monoisotopic (exact) mass is 355 g/mol. The van der Waals surface area contributed by atoms with Crippen LogP contribution >= 0.6 is 11.8 Å². The Kier molecular flexibility index (Phi) is 4.42. The predicted molar refractivity (Wildman–Crippen MR) is 84.2 cm³/mol. The molecule has 0 aromatic rings. The van der Waals surface area contributed by atoms with Crippen LogP contribution in [0.1, 0.15) is 12.8 Å². The van der Waals surface area contributed by atoms with Gasteiger partial charge in [-0.05, 0) is 12.8 Å².